The molecular weight excluding hydrogens is 350 g/mol. The lowest BCUT2D eigenvalue weighted by Crippen LogP contribution is -2.33. The first-order valence-corrected chi connectivity index (χ1v) is 10.2. The second kappa shape index (κ2) is 6.85. The second-order valence-electron chi connectivity index (χ2n) is 6.63. The monoisotopic (exact) mass is 373 g/mol. The Morgan fingerprint density at radius 3 is 2.27 bits per heavy atom. The number of rotatable bonds is 6. The fourth-order valence-electron chi connectivity index (χ4n) is 3.70. The van der Waals surface area contributed by atoms with Gasteiger partial charge in [0.25, 0.3) is 0 Å². The molecule has 2 N–H and O–H groups in total. The lowest BCUT2D eigenvalue weighted by molar-refractivity contribution is -0.149. The number of esters is 1. The number of carbonyl (C=O) groups excluding carboxylic acids is 1. The minimum atomic E-state index is -3.74. The predicted octanol–water partition coefficient (Wildman–Crippen LogP) is 2.44. The van der Waals surface area contributed by atoms with Crippen molar-refractivity contribution >= 4 is 15.8 Å². The molecule has 1 fully saturated rings. The molecule has 3 rings (SSSR count). The zero-order chi connectivity index (χ0) is 18.9. The van der Waals surface area contributed by atoms with E-state index in [0.717, 1.165) is 11.1 Å². The number of hydrogen-bond donors (Lipinski definition) is 1. The predicted molar refractivity (Wildman–Crippen MR) is 99.5 cm³/mol. The largest absolute Gasteiger partial charge is 0.465 e. The second-order valence-corrected chi connectivity index (χ2v) is 8.70. The molecule has 2 aromatic carbocycles. The molecule has 0 bridgehead atoms. The van der Waals surface area contributed by atoms with Crippen molar-refractivity contribution in [2.75, 3.05) is 13.2 Å². The molecular formula is C20H23NO4S. The molecule has 0 saturated heterocycles. The van der Waals surface area contributed by atoms with Crippen molar-refractivity contribution < 1.29 is 17.9 Å². The SMILES string of the molecule is CCOC(=O)[C@@]1(CN)[C@H](S(=O)(=O)c2ccc(C)cc2)[C@@H]1c1ccccc1. The molecule has 138 valence electrons. The Morgan fingerprint density at radius 2 is 1.73 bits per heavy atom. The molecule has 1 saturated carbocycles. The Kier molecular flexibility index (Phi) is 4.90. The van der Waals surface area contributed by atoms with Crippen LogP contribution < -0.4 is 5.73 Å². The normalized spacial score (nSPS) is 24.9. The van der Waals surface area contributed by atoms with Crippen LogP contribution in [0, 0.1) is 12.3 Å². The highest BCUT2D eigenvalue weighted by molar-refractivity contribution is 7.92. The fraction of sp³-hybridized carbons (Fsp3) is 0.350. The van der Waals surface area contributed by atoms with Crippen molar-refractivity contribution in [1.29, 1.82) is 0 Å². The first-order valence-electron chi connectivity index (χ1n) is 8.62. The van der Waals surface area contributed by atoms with E-state index in [1.165, 1.54) is 0 Å². The van der Waals surface area contributed by atoms with Crippen LogP contribution in [0.3, 0.4) is 0 Å². The molecule has 1 aliphatic rings. The minimum Gasteiger partial charge on any atom is -0.465 e. The smallest absolute Gasteiger partial charge is 0.315 e. The number of hydrogen-bond acceptors (Lipinski definition) is 5. The van der Waals surface area contributed by atoms with Crippen LogP contribution in [0.5, 0.6) is 0 Å². The molecule has 26 heavy (non-hydrogen) atoms. The van der Waals surface area contributed by atoms with Crippen molar-refractivity contribution in [2.45, 2.75) is 29.9 Å². The summed E-state index contributed by atoms with van der Waals surface area (Å²) in [6.45, 7) is 3.69. The third-order valence-electron chi connectivity index (χ3n) is 5.09. The zero-order valence-electron chi connectivity index (χ0n) is 14.9. The Hall–Kier alpha value is -2.18. The van der Waals surface area contributed by atoms with Crippen LogP contribution in [-0.4, -0.2) is 32.8 Å². The van der Waals surface area contributed by atoms with Gasteiger partial charge in [0.2, 0.25) is 0 Å². The van der Waals surface area contributed by atoms with Crippen LogP contribution in [-0.2, 0) is 19.4 Å². The van der Waals surface area contributed by atoms with Crippen molar-refractivity contribution in [3.8, 4) is 0 Å². The topological polar surface area (TPSA) is 86.5 Å². The van der Waals surface area contributed by atoms with Gasteiger partial charge >= 0.3 is 5.97 Å². The maximum Gasteiger partial charge on any atom is 0.315 e. The van der Waals surface area contributed by atoms with Crippen molar-refractivity contribution in [3.63, 3.8) is 0 Å². The molecule has 6 heteroatoms. The third kappa shape index (κ3) is 2.83. The fourth-order valence-corrected chi connectivity index (χ4v) is 6.08. The standard InChI is InChI=1S/C20H23NO4S/c1-3-25-19(22)20(13-21)17(15-7-5-4-6-8-15)18(20)26(23,24)16-11-9-14(2)10-12-16/h4-12,17-18H,3,13,21H2,1-2H3/t17-,18+,20+/m0/s1. The van der Waals surface area contributed by atoms with Crippen LogP contribution in [0.1, 0.15) is 24.0 Å². The van der Waals surface area contributed by atoms with E-state index in [2.05, 4.69) is 0 Å². The van der Waals surface area contributed by atoms with E-state index < -0.39 is 32.4 Å². The first-order chi connectivity index (χ1) is 12.4. The maximum atomic E-state index is 13.3. The van der Waals surface area contributed by atoms with Gasteiger partial charge in [-0.2, -0.15) is 0 Å². The van der Waals surface area contributed by atoms with Crippen LogP contribution in [0.25, 0.3) is 0 Å². The number of sulfone groups is 1. The third-order valence-corrected chi connectivity index (χ3v) is 7.38. The quantitative estimate of drug-likeness (QED) is 0.786. The summed E-state index contributed by atoms with van der Waals surface area (Å²) in [5.41, 5.74) is 6.45. The van der Waals surface area contributed by atoms with Gasteiger partial charge in [-0.3, -0.25) is 4.79 Å². The number of ether oxygens (including phenoxy) is 1. The highest BCUT2D eigenvalue weighted by Crippen LogP contribution is 2.64. The highest BCUT2D eigenvalue weighted by atomic mass is 32.2. The molecule has 0 radical (unpaired) electrons. The highest BCUT2D eigenvalue weighted by Gasteiger charge is 2.75. The van der Waals surface area contributed by atoms with Gasteiger partial charge in [0.1, 0.15) is 5.41 Å². The molecule has 0 unspecified atom stereocenters. The van der Waals surface area contributed by atoms with Gasteiger partial charge in [0.05, 0.1) is 16.8 Å². The molecule has 0 heterocycles. The Labute approximate surface area is 154 Å². The summed E-state index contributed by atoms with van der Waals surface area (Å²) < 4.78 is 31.8. The summed E-state index contributed by atoms with van der Waals surface area (Å²) in [5, 5.41) is -0.927. The zero-order valence-corrected chi connectivity index (χ0v) is 15.7. The van der Waals surface area contributed by atoms with Crippen LogP contribution in [0.4, 0.5) is 0 Å². The molecule has 1 aliphatic carbocycles. The summed E-state index contributed by atoms with van der Waals surface area (Å²) in [6, 6.07) is 15.8. The minimum absolute atomic E-state index is 0.0822. The van der Waals surface area contributed by atoms with E-state index in [0.29, 0.717) is 0 Å². The molecule has 0 amide bonds. The summed E-state index contributed by atoms with van der Waals surface area (Å²) in [4.78, 5) is 12.9. The van der Waals surface area contributed by atoms with Gasteiger partial charge in [-0.1, -0.05) is 48.0 Å². The summed E-state index contributed by atoms with van der Waals surface area (Å²) in [7, 11) is -3.74. The van der Waals surface area contributed by atoms with Gasteiger partial charge in [-0.05, 0) is 31.5 Å². The van der Waals surface area contributed by atoms with E-state index in [1.807, 2.05) is 37.3 Å². The van der Waals surface area contributed by atoms with E-state index in [-0.39, 0.29) is 18.0 Å². The van der Waals surface area contributed by atoms with E-state index in [9.17, 15) is 13.2 Å². The van der Waals surface area contributed by atoms with Gasteiger partial charge in [0.15, 0.2) is 9.84 Å². The van der Waals surface area contributed by atoms with Crippen molar-refractivity contribution in [1.82, 2.24) is 0 Å². The summed E-state index contributed by atoms with van der Waals surface area (Å²) in [5.74, 6) is -1.06. The molecule has 5 nitrogen and oxygen atoms in total. The van der Waals surface area contributed by atoms with Gasteiger partial charge in [-0.15, -0.1) is 0 Å². The Balaban J connectivity index is 2.10. The number of carbonyl (C=O) groups is 1. The molecule has 0 spiro atoms. The van der Waals surface area contributed by atoms with Crippen molar-refractivity contribution in [3.05, 3.63) is 65.7 Å². The van der Waals surface area contributed by atoms with E-state index in [4.69, 9.17) is 10.5 Å². The average Bonchev–Trinajstić information content (AvgIpc) is 3.35. The van der Waals surface area contributed by atoms with Gasteiger partial charge in [0, 0.05) is 12.5 Å². The molecule has 2 aromatic rings. The summed E-state index contributed by atoms with van der Waals surface area (Å²) >= 11 is 0. The van der Waals surface area contributed by atoms with Crippen LogP contribution in [0.2, 0.25) is 0 Å². The van der Waals surface area contributed by atoms with E-state index in [1.54, 1.807) is 31.2 Å². The first kappa shape index (κ1) is 18.6. The lowest BCUT2D eigenvalue weighted by atomic mass is 9.99. The van der Waals surface area contributed by atoms with Crippen LogP contribution in [0.15, 0.2) is 59.5 Å². The molecule has 0 aromatic heterocycles. The van der Waals surface area contributed by atoms with Crippen molar-refractivity contribution in [2.24, 2.45) is 11.1 Å². The van der Waals surface area contributed by atoms with Crippen LogP contribution >= 0.6 is 0 Å². The lowest BCUT2D eigenvalue weighted by Gasteiger charge is -2.14. The summed E-state index contributed by atoms with van der Waals surface area (Å²) in [6.07, 6.45) is 0. The Morgan fingerprint density at radius 1 is 1.12 bits per heavy atom. The Bertz CT molecular complexity index is 893. The number of benzene rings is 2. The van der Waals surface area contributed by atoms with Gasteiger partial charge < -0.3 is 10.5 Å². The molecule has 0 aliphatic heterocycles. The number of nitrogens with two attached hydrogens (primary N) is 1. The molecule has 3 atom stereocenters. The number of aryl methyl sites for hydroxylation is 1. The van der Waals surface area contributed by atoms with Gasteiger partial charge in [-0.25, -0.2) is 8.42 Å². The van der Waals surface area contributed by atoms with E-state index >= 15 is 0 Å². The maximum absolute atomic E-state index is 13.3. The average molecular weight is 373 g/mol.